The second kappa shape index (κ2) is 5.36. The highest BCUT2D eigenvalue weighted by Crippen LogP contribution is 2.31. The van der Waals surface area contributed by atoms with Crippen molar-refractivity contribution in [2.45, 2.75) is 13.3 Å². The molecular formula is C14H13ClO3. The van der Waals surface area contributed by atoms with Gasteiger partial charge in [0.05, 0.1) is 6.61 Å². The third-order valence-corrected chi connectivity index (χ3v) is 3.12. The predicted molar refractivity (Wildman–Crippen MR) is 69.2 cm³/mol. The van der Waals surface area contributed by atoms with Gasteiger partial charge in [0.15, 0.2) is 5.78 Å². The molecule has 0 aromatic heterocycles. The van der Waals surface area contributed by atoms with Crippen LogP contribution in [0.4, 0.5) is 0 Å². The number of ether oxygens (including phenoxy) is 1. The van der Waals surface area contributed by atoms with Crippen LogP contribution in [0.3, 0.4) is 0 Å². The molecule has 0 radical (unpaired) electrons. The molecule has 0 amide bonds. The predicted octanol–water partition coefficient (Wildman–Crippen LogP) is 2.88. The smallest absolute Gasteiger partial charge is 0.317 e. The van der Waals surface area contributed by atoms with Crippen LogP contribution in [-0.4, -0.2) is 18.4 Å². The zero-order valence-electron chi connectivity index (χ0n) is 9.98. The third kappa shape index (κ3) is 2.62. The number of halogens is 1. The first-order valence-corrected chi connectivity index (χ1v) is 6.16. The van der Waals surface area contributed by atoms with E-state index in [1.54, 1.807) is 19.1 Å². The van der Waals surface area contributed by atoms with E-state index in [1.165, 1.54) is 6.08 Å². The van der Waals surface area contributed by atoms with Gasteiger partial charge in [-0.3, -0.25) is 9.59 Å². The first-order valence-electron chi connectivity index (χ1n) is 5.79. The molecule has 0 fully saturated rings. The fraction of sp³-hybridized carbons (Fsp3) is 0.286. The number of esters is 1. The van der Waals surface area contributed by atoms with Crippen molar-refractivity contribution in [3.8, 4) is 0 Å². The van der Waals surface area contributed by atoms with Crippen molar-refractivity contribution >= 4 is 28.9 Å². The molecule has 18 heavy (non-hydrogen) atoms. The second-order valence-corrected chi connectivity index (χ2v) is 4.52. The van der Waals surface area contributed by atoms with E-state index < -0.39 is 11.9 Å². The highest BCUT2D eigenvalue weighted by Gasteiger charge is 2.33. The maximum Gasteiger partial charge on any atom is 0.317 e. The Morgan fingerprint density at radius 2 is 2.06 bits per heavy atom. The van der Waals surface area contributed by atoms with Crippen molar-refractivity contribution < 1.29 is 14.3 Å². The van der Waals surface area contributed by atoms with Gasteiger partial charge < -0.3 is 4.74 Å². The fourth-order valence-corrected chi connectivity index (χ4v) is 2.09. The van der Waals surface area contributed by atoms with Crippen molar-refractivity contribution in [1.82, 2.24) is 0 Å². The summed E-state index contributed by atoms with van der Waals surface area (Å²) in [5.41, 5.74) is 1.77. The van der Waals surface area contributed by atoms with Crippen LogP contribution in [-0.2, 0) is 14.3 Å². The summed E-state index contributed by atoms with van der Waals surface area (Å²) in [7, 11) is 0. The number of carbonyl (C=O) groups is 2. The van der Waals surface area contributed by atoms with Crippen LogP contribution in [0.15, 0.2) is 30.3 Å². The highest BCUT2D eigenvalue weighted by atomic mass is 35.5. The Morgan fingerprint density at radius 3 is 2.67 bits per heavy atom. The molecule has 0 saturated carbocycles. The molecular weight excluding hydrogens is 252 g/mol. The minimum absolute atomic E-state index is 0.182. The first kappa shape index (κ1) is 12.8. The summed E-state index contributed by atoms with van der Waals surface area (Å²) in [6.07, 6.45) is 1.92. The molecule has 0 heterocycles. The second-order valence-electron chi connectivity index (χ2n) is 4.09. The topological polar surface area (TPSA) is 43.4 Å². The molecule has 0 spiro atoms. The Bertz CT molecular complexity index is 502. The number of allylic oxidation sites excluding steroid dienone is 2. The summed E-state index contributed by atoms with van der Waals surface area (Å²) < 4.78 is 4.89. The number of carbonyl (C=O) groups excluding carboxylic acids is 2. The van der Waals surface area contributed by atoms with Crippen molar-refractivity contribution in [2.24, 2.45) is 5.92 Å². The Morgan fingerprint density at radius 1 is 1.39 bits per heavy atom. The van der Waals surface area contributed by atoms with Crippen LogP contribution in [0.1, 0.15) is 18.9 Å². The van der Waals surface area contributed by atoms with E-state index in [1.807, 2.05) is 12.1 Å². The molecule has 3 nitrogen and oxygen atoms in total. The van der Waals surface area contributed by atoms with Gasteiger partial charge in [0.2, 0.25) is 0 Å². The van der Waals surface area contributed by atoms with E-state index >= 15 is 0 Å². The Labute approximate surface area is 110 Å². The minimum atomic E-state index is -0.685. The lowest BCUT2D eigenvalue weighted by Gasteiger charge is -2.08. The van der Waals surface area contributed by atoms with E-state index in [-0.39, 0.29) is 5.78 Å². The lowest BCUT2D eigenvalue weighted by Crippen LogP contribution is -2.21. The van der Waals surface area contributed by atoms with Gasteiger partial charge in [0, 0.05) is 5.02 Å². The maximum atomic E-state index is 11.7. The number of hydrogen-bond donors (Lipinski definition) is 0. The van der Waals surface area contributed by atoms with Gasteiger partial charge in [-0.25, -0.2) is 0 Å². The minimum Gasteiger partial charge on any atom is -0.465 e. The van der Waals surface area contributed by atoms with E-state index in [9.17, 15) is 9.59 Å². The van der Waals surface area contributed by atoms with Crippen LogP contribution in [0.5, 0.6) is 0 Å². The van der Waals surface area contributed by atoms with Crippen LogP contribution < -0.4 is 0 Å². The lowest BCUT2D eigenvalue weighted by molar-refractivity contribution is -0.149. The molecule has 2 rings (SSSR count). The van der Waals surface area contributed by atoms with Crippen molar-refractivity contribution in [1.29, 1.82) is 0 Å². The van der Waals surface area contributed by atoms with Gasteiger partial charge in [-0.05, 0) is 42.7 Å². The normalized spacial score (nSPS) is 18.7. The molecule has 1 aliphatic rings. The van der Waals surface area contributed by atoms with Gasteiger partial charge in [0.25, 0.3) is 0 Å². The van der Waals surface area contributed by atoms with Gasteiger partial charge in [-0.15, -0.1) is 0 Å². The molecule has 0 N–H and O–H groups in total. The number of rotatable bonds is 3. The summed E-state index contributed by atoms with van der Waals surface area (Å²) in [5, 5.41) is 0.644. The van der Waals surface area contributed by atoms with Crippen molar-refractivity contribution in [3.05, 3.63) is 40.9 Å². The molecule has 4 heteroatoms. The zero-order chi connectivity index (χ0) is 13.1. The number of hydrogen-bond acceptors (Lipinski definition) is 3. The zero-order valence-corrected chi connectivity index (χ0v) is 10.7. The van der Waals surface area contributed by atoms with Gasteiger partial charge in [-0.2, -0.15) is 0 Å². The molecule has 1 aliphatic carbocycles. The lowest BCUT2D eigenvalue weighted by atomic mass is 10.0. The highest BCUT2D eigenvalue weighted by molar-refractivity contribution is 6.30. The Hall–Kier alpha value is -1.61. The summed E-state index contributed by atoms with van der Waals surface area (Å²) in [5.74, 6) is -1.31. The summed E-state index contributed by atoms with van der Waals surface area (Å²) in [6, 6.07) is 7.21. The molecule has 1 aromatic rings. The average molecular weight is 265 g/mol. The third-order valence-electron chi connectivity index (χ3n) is 2.87. The van der Waals surface area contributed by atoms with E-state index in [4.69, 9.17) is 16.3 Å². The fourth-order valence-electron chi connectivity index (χ4n) is 1.96. The van der Waals surface area contributed by atoms with Crippen LogP contribution in [0, 0.1) is 5.92 Å². The SMILES string of the molecule is CCOC(=O)C1CC(c2ccc(Cl)cc2)=CC1=O. The molecule has 0 saturated heterocycles. The van der Waals surface area contributed by atoms with Gasteiger partial charge in [-0.1, -0.05) is 23.7 Å². The average Bonchev–Trinajstić information content (AvgIpc) is 2.72. The summed E-state index contributed by atoms with van der Waals surface area (Å²) in [4.78, 5) is 23.3. The van der Waals surface area contributed by atoms with Crippen LogP contribution >= 0.6 is 11.6 Å². The summed E-state index contributed by atoms with van der Waals surface area (Å²) >= 11 is 5.81. The number of benzene rings is 1. The van der Waals surface area contributed by atoms with Gasteiger partial charge in [0.1, 0.15) is 5.92 Å². The molecule has 0 aliphatic heterocycles. The maximum absolute atomic E-state index is 11.7. The Balaban J connectivity index is 2.14. The molecule has 1 aromatic carbocycles. The van der Waals surface area contributed by atoms with Crippen LogP contribution in [0.2, 0.25) is 5.02 Å². The van der Waals surface area contributed by atoms with Crippen molar-refractivity contribution in [2.75, 3.05) is 6.61 Å². The van der Waals surface area contributed by atoms with Gasteiger partial charge >= 0.3 is 5.97 Å². The van der Waals surface area contributed by atoms with E-state index in [0.717, 1.165) is 11.1 Å². The first-order chi connectivity index (χ1) is 8.61. The number of ketones is 1. The molecule has 94 valence electrons. The molecule has 1 atom stereocenters. The summed E-state index contributed by atoms with van der Waals surface area (Å²) in [6.45, 7) is 2.02. The van der Waals surface area contributed by atoms with E-state index in [0.29, 0.717) is 18.1 Å². The van der Waals surface area contributed by atoms with Crippen LogP contribution in [0.25, 0.3) is 5.57 Å². The van der Waals surface area contributed by atoms with E-state index in [2.05, 4.69) is 0 Å². The molecule has 1 unspecified atom stereocenters. The largest absolute Gasteiger partial charge is 0.465 e. The standard InChI is InChI=1S/C14H13ClO3/c1-2-18-14(17)12-7-10(8-13(12)16)9-3-5-11(15)6-4-9/h3-6,8,12H,2,7H2,1H3. The Kier molecular flexibility index (Phi) is 3.82. The van der Waals surface area contributed by atoms with Crippen molar-refractivity contribution in [3.63, 3.8) is 0 Å². The molecule has 0 bridgehead atoms. The monoisotopic (exact) mass is 264 g/mol. The quantitative estimate of drug-likeness (QED) is 0.623.